The molecule has 1 aromatic carbocycles. The van der Waals surface area contributed by atoms with E-state index in [2.05, 4.69) is 6.58 Å². The van der Waals surface area contributed by atoms with Crippen molar-refractivity contribution in [3.63, 3.8) is 0 Å². The van der Waals surface area contributed by atoms with Crippen molar-refractivity contribution >= 4 is 33.4 Å². The number of hydrogen-bond acceptors (Lipinski definition) is 7. The minimum Gasteiger partial charge on any atom is -0.468 e. The van der Waals surface area contributed by atoms with E-state index in [1.165, 1.54) is 30.0 Å². The van der Waals surface area contributed by atoms with E-state index in [9.17, 15) is 23.3 Å². The van der Waals surface area contributed by atoms with Gasteiger partial charge in [0.05, 0.1) is 12.0 Å². The molecule has 0 bridgehead atoms. The Balaban J connectivity index is 3.47. The van der Waals surface area contributed by atoms with Gasteiger partial charge in [-0.15, -0.1) is 6.58 Å². The van der Waals surface area contributed by atoms with Crippen LogP contribution in [0.4, 0.5) is 5.69 Å². The van der Waals surface area contributed by atoms with E-state index in [4.69, 9.17) is 4.74 Å². The van der Waals surface area contributed by atoms with Gasteiger partial charge in [-0.2, -0.15) is 16.1 Å². The summed E-state index contributed by atoms with van der Waals surface area (Å²) in [4.78, 5) is 22.1. The number of benzene rings is 1. The molecule has 0 saturated heterocycles. The summed E-state index contributed by atoms with van der Waals surface area (Å²) in [6.45, 7) is 3.34. The molecule has 0 aromatic heterocycles. The van der Waals surface area contributed by atoms with Crippen molar-refractivity contribution < 1.29 is 22.9 Å². The summed E-state index contributed by atoms with van der Waals surface area (Å²) >= 11 is 1.44. The topological polar surface area (TPSA) is 107 Å². The number of nitro groups is 1. The van der Waals surface area contributed by atoms with Gasteiger partial charge in [-0.1, -0.05) is 18.2 Å². The van der Waals surface area contributed by atoms with E-state index in [1.807, 2.05) is 6.26 Å². The Kier molecular flexibility index (Phi) is 8.07. The molecule has 1 atom stereocenters. The van der Waals surface area contributed by atoms with Gasteiger partial charge >= 0.3 is 5.97 Å². The molecule has 10 heteroatoms. The van der Waals surface area contributed by atoms with Crippen molar-refractivity contribution in [2.75, 3.05) is 25.7 Å². The molecule has 25 heavy (non-hydrogen) atoms. The molecular formula is C15H20N2O6S2. The summed E-state index contributed by atoms with van der Waals surface area (Å²) in [6.07, 6.45) is 3.35. The van der Waals surface area contributed by atoms with Crippen LogP contribution >= 0.6 is 11.8 Å². The third kappa shape index (κ3) is 5.03. The van der Waals surface area contributed by atoms with Crippen molar-refractivity contribution in [2.24, 2.45) is 0 Å². The molecule has 0 spiro atoms. The number of ether oxygens (including phenoxy) is 1. The van der Waals surface area contributed by atoms with Crippen LogP contribution in [0.15, 0.2) is 41.8 Å². The molecule has 1 aromatic rings. The number of thioether (sulfide) groups is 1. The quantitative estimate of drug-likeness (QED) is 0.261. The van der Waals surface area contributed by atoms with Crippen LogP contribution in [0.5, 0.6) is 0 Å². The van der Waals surface area contributed by atoms with Crippen molar-refractivity contribution in [3.8, 4) is 0 Å². The van der Waals surface area contributed by atoms with Crippen LogP contribution in [-0.4, -0.2) is 55.3 Å². The zero-order chi connectivity index (χ0) is 19.0. The van der Waals surface area contributed by atoms with Crippen molar-refractivity contribution in [1.82, 2.24) is 4.31 Å². The molecule has 8 nitrogen and oxygen atoms in total. The summed E-state index contributed by atoms with van der Waals surface area (Å²) in [7, 11) is -3.15. The lowest BCUT2D eigenvalue weighted by Crippen LogP contribution is -2.46. The Bertz CT molecular complexity index is 735. The maximum Gasteiger partial charge on any atom is 0.324 e. The van der Waals surface area contributed by atoms with E-state index in [-0.39, 0.29) is 13.0 Å². The van der Waals surface area contributed by atoms with Crippen LogP contribution in [0.3, 0.4) is 0 Å². The van der Waals surface area contributed by atoms with Gasteiger partial charge in [-0.25, -0.2) is 8.42 Å². The summed E-state index contributed by atoms with van der Waals surface area (Å²) in [5, 5.41) is 11.2. The van der Waals surface area contributed by atoms with Gasteiger partial charge in [0.25, 0.3) is 15.7 Å². The molecule has 0 heterocycles. The minimum atomic E-state index is -4.31. The van der Waals surface area contributed by atoms with Crippen LogP contribution in [0.1, 0.15) is 6.42 Å². The number of nitrogens with zero attached hydrogens (tertiary/aromatic N) is 2. The van der Waals surface area contributed by atoms with E-state index in [0.29, 0.717) is 5.75 Å². The minimum absolute atomic E-state index is 0.178. The maximum absolute atomic E-state index is 13.0. The number of methoxy groups -OCH3 is 1. The molecule has 0 N–H and O–H groups in total. The van der Waals surface area contributed by atoms with E-state index in [0.717, 1.165) is 23.5 Å². The smallest absolute Gasteiger partial charge is 0.324 e. The Hall–Kier alpha value is -1.91. The van der Waals surface area contributed by atoms with Crippen LogP contribution in [0.25, 0.3) is 0 Å². The lowest BCUT2D eigenvalue weighted by Gasteiger charge is -2.27. The molecule has 0 amide bonds. The third-order valence-corrected chi connectivity index (χ3v) is 5.94. The second-order valence-corrected chi connectivity index (χ2v) is 7.75. The number of nitro benzene ring substituents is 1. The van der Waals surface area contributed by atoms with E-state index >= 15 is 0 Å². The number of carbonyl (C=O) groups is 1. The first-order chi connectivity index (χ1) is 11.8. The van der Waals surface area contributed by atoms with Crippen molar-refractivity contribution in [2.45, 2.75) is 17.4 Å². The van der Waals surface area contributed by atoms with Gasteiger partial charge in [-0.3, -0.25) is 14.9 Å². The highest BCUT2D eigenvalue weighted by molar-refractivity contribution is 7.98. The number of rotatable bonds is 10. The molecule has 1 rings (SSSR count). The Morgan fingerprint density at radius 3 is 2.64 bits per heavy atom. The molecule has 0 aliphatic rings. The average molecular weight is 388 g/mol. The largest absolute Gasteiger partial charge is 0.468 e. The lowest BCUT2D eigenvalue weighted by molar-refractivity contribution is -0.387. The van der Waals surface area contributed by atoms with Gasteiger partial charge in [0.1, 0.15) is 6.04 Å². The third-order valence-electron chi connectivity index (χ3n) is 3.37. The highest BCUT2D eigenvalue weighted by Crippen LogP contribution is 2.28. The number of para-hydroxylation sites is 1. The first kappa shape index (κ1) is 21.1. The van der Waals surface area contributed by atoms with Gasteiger partial charge < -0.3 is 4.74 Å². The van der Waals surface area contributed by atoms with Crippen molar-refractivity contribution in [3.05, 3.63) is 47.0 Å². The summed E-state index contributed by atoms with van der Waals surface area (Å²) < 4.78 is 31.7. The molecule has 0 fully saturated rings. The fourth-order valence-corrected chi connectivity index (χ4v) is 4.41. The monoisotopic (exact) mass is 388 g/mol. The van der Waals surface area contributed by atoms with Gasteiger partial charge in [0, 0.05) is 12.6 Å². The fraction of sp³-hybridized carbons (Fsp3) is 0.400. The van der Waals surface area contributed by atoms with Crippen LogP contribution in [0.2, 0.25) is 0 Å². The predicted octanol–water partition coefficient (Wildman–Crippen LogP) is 2.07. The predicted molar refractivity (Wildman–Crippen MR) is 96.0 cm³/mol. The Morgan fingerprint density at radius 2 is 2.12 bits per heavy atom. The second kappa shape index (κ2) is 9.54. The molecule has 138 valence electrons. The fourth-order valence-electron chi connectivity index (χ4n) is 2.22. The number of esters is 1. The SMILES string of the molecule is C=CCN(C(CCSC)C(=O)OC)S(=O)(=O)c1ccccc1[N+](=O)[O-]. The summed E-state index contributed by atoms with van der Waals surface area (Å²) in [6, 6.07) is 3.92. The molecule has 0 radical (unpaired) electrons. The Morgan fingerprint density at radius 1 is 1.48 bits per heavy atom. The van der Waals surface area contributed by atoms with Crippen LogP contribution in [-0.2, 0) is 19.6 Å². The Labute approximate surface area is 151 Å². The van der Waals surface area contributed by atoms with Crippen LogP contribution < -0.4 is 0 Å². The first-order valence-electron chi connectivity index (χ1n) is 7.24. The molecule has 0 aliphatic carbocycles. The number of sulfonamides is 1. The zero-order valence-electron chi connectivity index (χ0n) is 14.0. The lowest BCUT2D eigenvalue weighted by atomic mass is 10.2. The second-order valence-electron chi connectivity index (χ2n) is 4.91. The number of carbonyl (C=O) groups excluding carboxylic acids is 1. The van der Waals surface area contributed by atoms with E-state index < -0.39 is 37.5 Å². The van der Waals surface area contributed by atoms with Gasteiger partial charge in [0.15, 0.2) is 4.90 Å². The molecule has 0 saturated carbocycles. The zero-order valence-corrected chi connectivity index (χ0v) is 15.6. The molecular weight excluding hydrogens is 368 g/mol. The molecule has 1 unspecified atom stereocenters. The maximum atomic E-state index is 13.0. The summed E-state index contributed by atoms with van der Waals surface area (Å²) in [5.74, 6) is -0.210. The van der Waals surface area contributed by atoms with Crippen molar-refractivity contribution in [1.29, 1.82) is 0 Å². The highest BCUT2D eigenvalue weighted by Gasteiger charge is 2.38. The van der Waals surface area contributed by atoms with E-state index in [1.54, 1.807) is 0 Å². The number of hydrogen-bond donors (Lipinski definition) is 0. The first-order valence-corrected chi connectivity index (χ1v) is 10.1. The van der Waals surface area contributed by atoms with Gasteiger partial charge in [0.2, 0.25) is 0 Å². The normalized spacial score (nSPS) is 12.6. The standard InChI is InChI=1S/C15H20N2O6S2/c1-4-10-16(13(9-11-24-3)15(18)23-2)25(21,22)14-8-6-5-7-12(14)17(19)20/h4-8,13H,1,9-11H2,2-3H3. The summed E-state index contributed by atoms with van der Waals surface area (Å²) in [5.41, 5.74) is -0.551. The average Bonchev–Trinajstić information content (AvgIpc) is 2.60. The van der Waals surface area contributed by atoms with Gasteiger partial charge in [-0.05, 0) is 24.5 Å². The van der Waals surface area contributed by atoms with Crippen LogP contribution in [0, 0.1) is 10.1 Å². The highest BCUT2D eigenvalue weighted by atomic mass is 32.2. The molecule has 0 aliphatic heterocycles.